The number of rotatable bonds is 5. The van der Waals surface area contributed by atoms with Crippen molar-refractivity contribution in [3.05, 3.63) is 48.5 Å². The normalized spacial score (nSPS) is 9.65. The monoisotopic (exact) mass is 243 g/mol. The zero-order valence-electron chi connectivity index (χ0n) is 8.14. The van der Waals surface area contributed by atoms with Gasteiger partial charge in [0.1, 0.15) is 0 Å². The van der Waals surface area contributed by atoms with Crippen LogP contribution in [0.2, 0.25) is 0 Å². The predicted octanol–water partition coefficient (Wildman–Crippen LogP) is 1.12. The predicted molar refractivity (Wildman–Crippen MR) is 52.2 cm³/mol. The second-order valence-electron chi connectivity index (χ2n) is 2.74. The maximum Gasteiger partial charge on any atom is 0.387 e. The molecule has 0 aliphatic carbocycles. The SMILES string of the molecule is O=[N+]([O-])COc1cccc([N+](=O)[O-])c1[N+](=O)[O-]. The number of hydrogen-bond donors (Lipinski definition) is 0. The highest BCUT2D eigenvalue weighted by molar-refractivity contribution is 5.61. The van der Waals surface area contributed by atoms with E-state index in [2.05, 4.69) is 4.74 Å². The van der Waals surface area contributed by atoms with Gasteiger partial charge in [0.15, 0.2) is 0 Å². The van der Waals surface area contributed by atoms with Crippen LogP contribution in [0, 0.1) is 30.3 Å². The topological polar surface area (TPSA) is 139 Å². The van der Waals surface area contributed by atoms with Crippen LogP contribution in [0.1, 0.15) is 0 Å². The Hall–Kier alpha value is -2.78. The molecule has 0 spiro atoms. The molecule has 0 radical (unpaired) electrons. The van der Waals surface area contributed by atoms with Crippen LogP contribution in [0.5, 0.6) is 5.75 Å². The van der Waals surface area contributed by atoms with Gasteiger partial charge in [0.2, 0.25) is 5.75 Å². The number of nitro benzene ring substituents is 2. The van der Waals surface area contributed by atoms with Gasteiger partial charge in [0.25, 0.3) is 0 Å². The van der Waals surface area contributed by atoms with E-state index in [4.69, 9.17) is 0 Å². The fourth-order valence-corrected chi connectivity index (χ4v) is 1.08. The van der Waals surface area contributed by atoms with E-state index in [1.165, 1.54) is 0 Å². The van der Waals surface area contributed by atoms with Crippen molar-refractivity contribution in [1.82, 2.24) is 0 Å². The van der Waals surface area contributed by atoms with Gasteiger partial charge >= 0.3 is 18.1 Å². The van der Waals surface area contributed by atoms with Crippen molar-refractivity contribution in [2.45, 2.75) is 0 Å². The highest BCUT2D eigenvalue weighted by Gasteiger charge is 2.29. The number of nitrogens with zero attached hydrogens (tertiary/aromatic N) is 3. The molecular weight excluding hydrogens is 238 g/mol. The molecule has 10 heteroatoms. The molecule has 0 unspecified atom stereocenters. The van der Waals surface area contributed by atoms with Gasteiger partial charge in [-0.3, -0.25) is 30.3 Å². The van der Waals surface area contributed by atoms with E-state index in [1.807, 2.05) is 0 Å². The first-order chi connectivity index (χ1) is 7.93. The molecule has 1 aromatic rings. The molecule has 0 saturated heterocycles. The third-order valence-corrected chi connectivity index (χ3v) is 1.68. The molecule has 0 aliphatic heterocycles. The van der Waals surface area contributed by atoms with E-state index in [9.17, 15) is 30.3 Å². The maximum absolute atomic E-state index is 10.6. The van der Waals surface area contributed by atoms with Crippen molar-refractivity contribution in [2.75, 3.05) is 6.73 Å². The standard InChI is InChI=1S/C7H5N3O7/c11-8(12)4-17-6-3-1-2-5(9(13)14)7(6)10(15)16/h1-3H,4H2. The molecule has 0 aliphatic rings. The van der Waals surface area contributed by atoms with Gasteiger partial charge in [-0.1, -0.05) is 6.07 Å². The number of benzene rings is 1. The number of hydrogen-bond acceptors (Lipinski definition) is 7. The Labute approximate surface area is 92.9 Å². The van der Waals surface area contributed by atoms with E-state index in [0.29, 0.717) is 0 Å². The van der Waals surface area contributed by atoms with Gasteiger partial charge in [-0.05, 0) is 6.07 Å². The van der Waals surface area contributed by atoms with Crippen molar-refractivity contribution in [2.24, 2.45) is 0 Å². The lowest BCUT2D eigenvalue weighted by Gasteiger charge is -2.02. The van der Waals surface area contributed by atoms with Crippen molar-refractivity contribution in [3.63, 3.8) is 0 Å². The molecule has 0 N–H and O–H groups in total. The van der Waals surface area contributed by atoms with E-state index in [0.717, 1.165) is 18.2 Å². The first-order valence-electron chi connectivity index (χ1n) is 4.10. The Morgan fingerprint density at radius 3 is 2.18 bits per heavy atom. The summed E-state index contributed by atoms with van der Waals surface area (Å²) in [4.78, 5) is 28.4. The Kier molecular flexibility index (Phi) is 3.49. The van der Waals surface area contributed by atoms with Crippen molar-refractivity contribution in [3.8, 4) is 5.75 Å². The zero-order valence-corrected chi connectivity index (χ0v) is 8.14. The Bertz CT molecular complexity index is 486. The quantitative estimate of drug-likeness (QED) is 0.428. The fourth-order valence-electron chi connectivity index (χ4n) is 1.08. The molecule has 0 saturated carbocycles. The van der Waals surface area contributed by atoms with E-state index in [1.54, 1.807) is 0 Å². The van der Waals surface area contributed by atoms with Crippen LogP contribution >= 0.6 is 0 Å². The molecule has 0 heterocycles. The lowest BCUT2D eigenvalue weighted by Crippen LogP contribution is -2.10. The van der Waals surface area contributed by atoms with Crippen LogP contribution < -0.4 is 4.74 Å². The summed E-state index contributed by atoms with van der Waals surface area (Å²) in [6.07, 6.45) is 0. The van der Waals surface area contributed by atoms with Crippen LogP contribution in [0.3, 0.4) is 0 Å². The first-order valence-corrected chi connectivity index (χ1v) is 4.10. The average Bonchev–Trinajstić information content (AvgIpc) is 2.25. The lowest BCUT2D eigenvalue weighted by atomic mass is 10.2. The van der Waals surface area contributed by atoms with E-state index in [-0.39, 0.29) is 0 Å². The van der Waals surface area contributed by atoms with Crippen LogP contribution in [-0.4, -0.2) is 21.5 Å². The number of ether oxygens (including phenoxy) is 1. The second kappa shape index (κ2) is 4.83. The highest BCUT2D eigenvalue weighted by Crippen LogP contribution is 2.35. The van der Waals surface area contributed by atoms with Crippen molar-refractivity contribution < 1.29 is 19.5 Å². The molecular formula is C7H5N3O7. The molecule has 17 heavy (non-hydrogen) atoms. The summed E-state index contributed by atoms with van der Waals surface area (Å²) in [6, 6.07) is 3.10. The third kappa shape index (κ3) is 2.84. The Morgan fingerprint density at radius 2 is 1.71 bits per heavy atom. The van der Waals surface area contributed by atoms with Crippen LogP contribution in [0.4, 0.5) is 11.4 Å². The molecule has 0 fully saturated rings. The van der Waals surface area contributed by atoms with E-state index >= 15 is 0 Å². The summed E-state index contributed by atoms with van der Waals surface area (Å²) >= 11 is 0. The first kappa shape index (κ1) is 12.3. The van der Waals surface area contributed by atoms with Crippen LogP contribution in [-0.2, 0) is 0 Å². The Balaban J connectivity index is 3.20. The number of para-hydroxylation sites is 1. The van der Waals surface area contributed by atoms with Gasteiger partial charge < -0.3 is 4.74 Å². The smallest absolute Gasteiger partial charge is 0.387 e. The lowest BCUT2D eigenvalue weighted by molar-refractivity contribution is -0.515. The van der Waals surface area contributed by atoms with Gasteiger partial charge in [-0.15, -0.1) is 0 Å². The second-order valence-corrected chi connectivity index (χ2v) is 2.74. The fraction of sp³-hybridized carbons (Fsp3) is 0.143. The number of nitro groups is 3. The molecule has 0 bridgehead atoms. The molecule has 0 amide bonds. The van der Waals surface area contributed by atoms with Crippen LogP contribution in [0.15, 0.2) is 18.2 Å². The summed E-state index contributed by atoms with van der Waals surface area (Å²) in [5, 5.41) is 31.2. The molecule has 1 aromatic carbocycles. The molecule has 0 atom stereocenters. The third-order valence-electron chi connectivity index (χ3n) is 1.68. The summed E-state index contributed by atoms with van der Waals surface area (Å²) < 4.78 is 4.51. The van der Waals surface area contributed by atoms with Gasteiger partial charge in [-0.2, -0.15) is 0 Å². The van der Waals surface area contributed by atoms with Gasteiger partial charge in [0.05, 0.1) is 14.8 Å². The summed E-state index contributed by atoms with van der Waals surface area (Å²) in [6.45, 7) is -1.01. The van der Waals surface area contributed by atoms with Crippen molar-refractivity contribution >= 4 is 11.4 Å². The summed E-state index contributed by atoms with van der Waals surface area (Å²) in [5.74, 6) is -0.513. The minimum Gasteiger partial charge on any atom is -0.424 e. The summed E-state index contributed by atoms with van der Waals surface area (Å²) in [5.41, 5.74) is -1.69. The maximum atomic E-state index is 10.6. The Morgan fingerprint density at radius 1 is 1.06 bits per heavy atom. The highest BCUT2D eigenvalue weighted by atomic mass is 16.7. The minimum atomic E-state index is -1.02. The summed E-state index contributed by atoms with van der Waals surface area (Å²) in [7, 11) is 0. The molecule has 10 nitrogen and oxygen atoms in total. The molecule has 90 valence electrons. The van der Waals surface area contributed by atoms with Crippen LogP contribution in [0.25, 0.3) is 0 Å². The average molecular weight is 243 g/mol. The van der Waals surface area contributed by atoms with Gasteiger partial charge in [-0.25, -0.2) is 0 Å². The van der Waals surface area contributed by atoms with Gasteiger partial charge in [0, 0.05) is 6.07 Å². The molecule has 0 aromatic heterocycles. The minimum absolute atomic E-state index is 0.513. The zero-order chi connectivity index (χ0) is 13.0. The largest absolute Gasteiger partial charge is 0.424 e. The van der Waals surface area contributed by atoms with Crippen molar-refractivity contribution in [1.29, 1.82) is 0 Å². The van der Waals surface area contributed by atoms with E-state index < -0.39 is 38.6 Å². The molecule has 1 rings (SSSR count).